The molecule has 0 aliphatic rings. The number of nitrogens with zero attached hydrogens (tertiary/aromatic N) is 2. The second-order valence-electron chi connectivity index (χ2n) is 6.93. The molecule has 2 aromatic heterocycles. The zero-order valence-electron chi connectivity index (χ0n) is 16.8. The molecule has 150 valence electrons. The highest BCUT2D eigenvalue weighted by molar-refractivity contribution is 8.00. The van der Waals surface area contributed by atoms with E-state index in [2.05, 4.69) is 36.0 Å². The average molecular weight is 418 g/mol. The number of furan rings is 1. The molecule has 0 aliphatic carbocycles. The second-order valence-corrected chi connectivity index (χ2v) is 9.01. The Kier molecular flexibility index (Phi) is 7.15. The van der Waals surface area contributed by atoms with E-state index in [1.165, 1.54) is 0 Å². The van der Waals surface area contributed by atoms with Crippen LogP contribution in [0.5, 0.6) is 0 Å². The summed E-state index contributed by atoms with van der Waals surface area (Å²) in [5, 5.41) is 6.06. The van der Waals surface area contributed by atoms with Crippen molar-refractivity contribution in [2.45, 2.75) is 43.8 Å². The van der Waals surface area contributed by atoms with Crippen LogP contribution in [-0.4, -0.2) is 41.5 Å². The van der Waals surface area contributed by atoms with Crippen molar-refractivity contribution in [2.24, 2.45) is 0 Å². The lowest BCUT2D eigenvalue weighted by Gasteiger charge is -2.24. The molecular formula is C21H27N3O2S2. The zero-order chi connectivity index (χ0) is 20.1. The molecule has 0 aliphatic heterocycles. The highest BCUT2D eigenvalue weighted by Gasteiger charge is 2.21. The van der Waals surface area contributed by atoms with Crippen molar-refractivity contribution in [1.82, 2.24) is 15.2 Å². The van der Waals surface area contributed by atoms with Crippen LogP contribution in [0.4, 0.5) is 0 Å². The van der Waals surface area contributed by atoms with Gasteiger partial charge in [0.15, 0.2) is 5.76 Å². The van der Waals surface area contributed by atoms with E-state index >= 15 is 0 Å². The van der Waals surface area contributed by atoms with E-state index in [0.717, 1.165) is 39.7 Å². The molecule has 0 saturated carbocycles. The number of aryl methyl sites for hydroxylation is 1. The number of aromatic nitrogens is 1. The number of hydrogen-bond acceptors (Lipinski definition) is 6. The zero-order valence-corrected chi connectivity index (χ0v) is 18.5. The predicted molar refractivity (Wildman–Crippen MR) is 117 cm³/mol. The molecule has 0 unspecified atom stereocenters. The number of carbonyl (C=O) groups is 1. The van der Waals surface area contributed by atoms with Gasteiger partial charge in [0.2, 0.25) is 0 Å². The van der Waals surface area contributed by atoms with Crippen LogP contribution in [0.2, 0.25) is 0 Å². The van der Waals surface area contributed by atoms with E-state index in [-0.39, 0.29) is 5.91 Å². The number of benzene rings is 1. The topological polar surface area (TPSA) is 58.4 Å². The first-order chi connectivity index (χ1) is 13.5. The Balaban J connectivity index is 1.74. The average Bonchev–Trinajstić information content (AvgIpc) is 3.26. The van der Waals surface area contributed by atoms with Crippen LogP contribution in [0.1, 0.15) is 42.6 Å². The first-order valence-corrected chi connectivity index (χ1v) is 11.4. The molecule has 28 heavy (non-hydrogen) atoms. The maximum atomic E-state index is 12.8. The van der Waals surface area contributed by atoms with Gasteiger partial charge in [-0.05, 0) is 33.4 Å². The van der Waals surface area contributed by atoms with Crippen LogP contribution in [0.15, 0.2) is 38.4 Å². The van der Waals surface area contributed by atoms with Crippen molar-refractivity contribution < 1.29 is 9.21 Å². The lowest BCUT2D eigenvalue weighted by atomic mass is 10.1. The molecule has 2 heterocycles. The number of amides is 1. The summed E-state index contributed by atoms with van der Waals surface area (Å²) in [5.74, 6) is 0.913. The van der Waals surface area contributed by atoms with Crippen molar-refractivity contribution in [2.75, 3.05) is 19.6 Å². The smallest absolute Gasteiger partial charge is 0.287 e. The van der Waals surface area contributed by atoms with Gasteiger partial charge < -0.3 is 9.73 Å². The van der Waals surface area contributed by atoms with Gasteiger partial charge in [0.25, 0.3) is 5.91 Å². The Hall–Kier alpha value is -1.83. The van der Waals surface area contributed by atoms with Gasteiger partial charge in [-0.1, -0.05) is 36.9 Å². The van der Waals surface area contributed by atoms with E-state index in [4.69, 9.17) is 4.42 Å². The highest BCUT2D eigenvalue weighted by atomic mass is 32.2. The molecule has 0 radical (unpaired) electrons. The van der Waals surface area contributed by atoms with E-state index in [9.17, 15) is 4.79 Å². The van der Waals surface area contributed by atoms with Gasteiger partial charge >= 0.3 is 0 Å². The standard InChI is InChI=1S/C21H27N3O2S2/c1-5-24(14(2)3)11-10-22-20(25)19-17(13-28-21-23-15(4)12-27-21)16-8-6-7-9-18(16)26-19/h6-9,12,14H,5,10-11,13H2,1-4H3,(H,22,25). The molecule has 0 bridgehead atoms. The third-order valence-corrected chi connectivity index (χ3v) is 6.83. The Morgan fingerprint density at radius 2 is 2.14 bits per heavy atom. The SMILES string of the molecule is CCN(CCNC(=O)c1oc2ccccc2c1CSc1nc(C)cs1)C(C)C. The quantitative estimate of drug-likeness (QED) is 0.499. The molecule has 0 fully saturated rings. The van der Waals surface area contributed by atoms with Gasteiger partial charge in [0, 0.05) is 46.9 Å². The predicted octanol–water partition coefficient (Wildman–Crippen LogP) is 4.95. The fourth-order valence-corrected chi connectivity index (χ4v) is 5.01. The maximum Gasteiger partial charge on any atom is 0.287 e. The molecule has 3 aromatic rings. The molecule has 0 spiro atoms. The van der Waals surface area contributed by atoms with Crippen LogP contribution < -0.4 is 5.32 Å². The molecule has 0 saturated heterocycles. The Morgan fingerprint density at radius 1 is 1.36 bits per heavy atom. The summed E-state index contributed by atoms with van der Waals surface area (Å²) >= 11 is 3.27. The van der Waals surface area contributed by atoms with E-state index in [0.29, 0.717) is 24.1 Å². The summed E-state index contributed by atoms with van der Waals surface area (Å²) in [4.78, 5) is 19.7. The summed E-state index contributed by atoms with van der Waals surface area (Å²) in [6.07, 6.45) is 0. The molecule has 1 amide bonds. The number of likely N-dealkylation sites (N-methyl/N-ethyl adjacent to an activating group) is 1. The molecule has 7 heteroatoms. The molecule has 1 aromatic carbocycles. The molecule has 1 N–H and O–H groups in total. The molecule has 5 nitrogen and oxygen atoms in total. The number of thiazole rings is 1. The summed E-state index contributed by atoms with van der Waals surface area (Å²) < 4.78 is 6.93. The van der Waals surface area contributed by atoms with Crippen LogP contribution in [0.3, 0.4) is 0 Å². The molecular weight excluding hydrogens is 390 g/mol. The lowest BCUT2D eigenvalue weighted by Crippen LogP contribution is -2.38. The number of para-hydroxylation sites is 1. The van der Waals surface area contributed by atoms with Gasteiger partial charge in [0.05, 0.1) is 0 Å². The van der Waals surface area contributed by atoms with E-state index in [1.807, 2.05) is 36.6 Å². The fourth-order valence-electron chi connectivity index (χ4n) is 3.13. The van der Waals surface area contributed by atoms with Crippen molar-refractivity contribution >= 4 is 40.0 Å². The van der Waals surface area contributed by atoms with E-state index in [1.54, 1.807) is 23.1 Å². The normalized spacial score (nSPS) is 11.6. The van der Waals surface area contributed by atoms with Gasteiger partial charge in [-0.15, -0.1) is 11.3 Å². The monoisotopic (exact) mass is 417 g/mol. The van der Waals surface area contributed by atoms with Crippen molar-refractivity contribution in [3.05, 3.63) is 46.7 Å². The molecule has 3 rings (SSSR count). The third-order valence-electron chi connectivity index (χ3n) is 4.66. The van der Waals surface area contributed by atoms with Gasteiger partial charge in [-0.3, -0.25) is 9.69 Å². The van der Waals surface area contributed by atoms with Crippen molar-refractivity contribution in [3.8, 4) is 0 Å². The lowest BCUT2D eigenvalue weighted by molar-refractivity contribution is 0.0919. The maximum absolute atomic E-state index is 12.8. The summed E-state index contributed by atoms with van der Waals surface area (Å²) in [7, 11) is 0. The van der Waals surface area contributed by atoms with Crippen LogP contribution >= 0.6 is 23.1 Å². The number of carbonyl (C=O) groups excluding carboxylic acids is 1. The van der Waals surface area contributed by atoms with Gasteiger partial charge in [-0.2, -0.15) is 0 Å². The number of hydrogen-bond donors (Lipinski definition) is 1. The van der Waals surface area contributed by atoms with E-state index < -0.39 is 0 Å². The second kappa shape index (κ2) is 9.58. The summed E-state index contributed by atoms with van der Waals surface area (Å²) in [6.45, 7) is 10.8. The first kappa shape index (κ1) is 20.9. The van der Waals surface area contributed by atoms with Crippen molar-refractivity contribution in [3.63, 3.8) is 0 Å². The van der Waals surface area contributed by atoms with Crippen molar-refractivity contribution in [1.29, 1.82) is 0 Å². The minimum absolute atomic E-state index is 0.151. The number of nitrogens with one attached hydrogen (secondary N) is 1. The fraction of sp³-hybridized carbons (Fsp3) is 0.429. The molecule has 0 atom stereocenters. The number of thioether (sulfide) groups is 1. The van der Waals surface area contributed by atoms with Crippen LogP contribution in [-0.2, 0) is 5.75 Å². The van der Waals surface area contributed by atoms with Crippen LogP contribution in [0.25, 0.3) is 11.0 Å². The van der Waals surface area contributed by atoms with Crippen LogP contribution in [0, 0.1) is 6.92 Å². The minimum atomic E-state index is -0.151. The number of fused-ring (bicyclic) bond motifs is 1. The Bertz CT molecular complexity index is 933. The largest absolute Gasteiger partial charge is 0.451 e. The third kappa shape index (κ3) is 4.96. The Morgan fingerprint density at radius 3 is 2.82 bits per heavy atom. The first-order valence-electron chi connectivity index (χ1n) is 9.57. The van der Waals surface area contributed by atoms with Gasteiger partial charge in [-0.25, -0.2) is 4.98 Å². The summed E-state index contributed by atoms with van der Waals surface area (Å²) in [5.41, 5.74) is 2.70. The number of rotatable bonds is 9. The minimum Gasteiger partial charge on any atom is -0.451 e. The summed E-state index contributed by atoms with van der Waals surface area (Å²) in [6, 6.07) is 8.28. The highest BCUT2D eigenvalue weighted by Crippen LogP contribution is 2.33. The van der Waals surface area contributed by atoms with Gasteiger partial charge in [0.1, 0.15) is 9.92 Å². The Labute approximate surface area is 174 Å².